The lowest BCUT2D eigenvalue weighted by Crippen LogP contribution is -2.49. The van der Waals surface area contributed by atoms with Gasteiger partial charge >= 0.3 is 5.97 Å². The predicted octanol–water partition coefficient (Wildman–Crippen LogP) is 1.39. The number of nitrogens with zero attached hydrogens (tertiary/aromatic N) is 1. The predicted molar refractivity (Wildman–Crippen MR) is 65.5 cm³/mol. The molecule has 0 spiro atoms. The van der Waals surface area contributed by atoms with Crippen molar-refractivity contribution in [2.75, 3.05) is 0 Å². The van der Waals surface area contributed by atoms with Gasteiger partial charge in [0, 0.05) is 6.04 Å². The Morgan fingerprint density at radius 1 is 1.50 bits per heavy atom. The van der Waals surface area contributed by atoms with Gasteiger partial charge in [-0.25, -0.2) is 12.8 Å². The van der Waals surface area contributed by atoms with Crippen LogP contribution < -0.4 is 0 Å². The van der Waals surface area contributed by atoms with Crippen molar-refractivity contribution >= 4 is 16.0 Å². The van der Waals surface area contributed by atoms with Crippen molar-refractivity contribution in [3.8, 4) is 0 Å². The van der Waals surface area contributed by atoms with Crippen molar-refractivity contribution in [1.29, 1.82) is 0 Å². The number of carboxylic acid groups (broad SMARTS) is 1. The maximum absolute atomic E-state index is 13.4. The first-order valence-corrected chi connectivity index (χ1v) is 7.63. The second kappa shape index (κ2) is 5.52. The Morgan fingerprint density at radius 3 is 2.44 bits per heavy atom. The van der Waals surface area contributed by atoms with Gasteiger partial charge in [0.1, 0.15) is 17.5 Å². The van der Waals surface area contributed by atoms with Crippen LogP contribution in [0.1, 0.15) is 40.0 Å². The summed E-state index contributed by atoms with van der Waals surface area (Å²) >= 11 is 0. The molecule has 0 amide bonds. The second-order valence-electron chi connectivity index (χ2n) is 4.78. The summed E-state index contributed by atoms with van der Waals surface area (Å²) in [7, 11) is -3.92. The minimum atomic E-state index is -3.92. The van der Waals surface area contributed by atoms with Crippen molar-refractivity contribution in [3.63, 3.8) is 0 Å². The quantitative estimate of drug-likeness (QED) is 0.826. The molecule has 0 aromatic carbocycles. The lowest BCUT2D eigenvalue weighted by molar-refractivity contribution is -0.140. The Balaban J connectivity index is 3.12. The van der Waals surface area contributed by atoms with Gasteiger partial charge in [-0.3, -0.25) is 4.79 Å². The van der Waals surface area contributed by atoms with E-state index in [-0.39, 0.29) is 18.9 Å². The SMILES string of the molecule is CC[C@H](C(C)F)S(=O)(=O)N1[C@@H](C)CC[C@H]1C(=O)O. The summed E-state index contributed by atoms with van der Waals surface area (Å²) in [5, 5.41) is 7.89. The molecule has 0 bridgehead atoms. The first-order valence-electron chi connectivity index (χ1n) is 6.12. The molecular weight excluding hydrogens is 261 g/mol. The fourth-order valence-corrected chi connectivity index (χ4v) is 4.92. The van der Waals surface area contributed by atoms with Crippen LogP contribution in [-0.2, 0) is 14.8 Å². The molecule has 1 heterocycles. The molecule has 1 saturated heterocycles. The average molecular weight is 281 g/mol. The third-order valence-corrected chi connectivity index (χ3v) is 6.15. The van der Waals surface area contributed by atoms with Gasteiger partial charge in [0.05, 0.1) is 0 Å². The average Bonchev–Trinajstić information content (AvgIpc) is 2.60. The van der Waals surface area contributed by atoms with E-state index in [1.807, 2.05) is 0 Å². The van der Waals surface area contributed by atoms with Crippen LogP contribution in [0.3, 0.4) is 0 Å². The molecule has 1 fully saturated rings. The van der Waals surface area contributed by atoms with Crippen LogP contribution in [0.4, 0.5) is 4.39 Å². The Morgan fingerprint density at radius 2 is 2.06 bits per heavy atom. The summed E-state index contributed by atoms with van der Waals surface area (Å²) < 4.78 is 39.1. The molecule has 4 atom stereocenters. The van der Waals surface area contributed by atoms with E-state index in [0.717, 1.165) is 4.31 Å². The van der Waals surface area contributed by atoms with Crippen LogP contribution in [0.25, 0.3) is 0 Å². The fourth-order valence-electron chi connectivity index (χ4n) is 2.55. The van der Waals surface area contributed by atoms with E-state index in [4.69, 9.17) is 5.11 Å². The number of carboxylic acids is 1. The standard InChI is InChI=1S/C11H20FNO4S/c1-4-10(8(3)12)18(16,17)13-7(2)5-6-9(13)11(14)15/h7-10H,4-6H2,1-3H3,(H,14,15)/t7-,8?,9-,10+/m0/s1. The minimum Gasteiger partial charge on any atom is -0.480 e. The van der Waals surface area contributed by atoms with Gasteiger partial charge in [0.2, 0.25) is 10.0 Å². The molecular formula is C11H20FNO4S. The van der Waals surface area contributed by atoms with Gasteiger partial charge in [0.25, 0.3) is 0 Å². The number of halogens is 1. The molecule has 1 aliphatic heterocycles. The molecule has 0 aromatic heterocycles. The van der Waals surface area contributed by atoms with E-state index in [9.17, 15) is 17.6 Å². The highest BCUT2D eigenvalue weighted by Gasteiger charge is 2.47. The van der Waals surface area contributed by atoms with Crippen LogP contribution in [0.2, 0.25) is 0 Å². The number of alkyl halides is 1. The van der Waals surface area contributed by atoms with Crippen molar-refractivity contribution in [3.05, 3.63) is 0 Å². The molecule has 106 valence electrons. The molecule has 1 unspecified atom stereocenters. The Bertz CT molecular complexity index is 409. The van der Waals surface area contributed by atoms with Crippen LogP contribution in [0, 0.1) is 0 Å². The van der Waals surface area contributed by atoms with Crippen LogP contribution >= 0.6 is 0 Å². The zero-order chi connectivity index (χ0) is 14.1. The smallest absolute Gasteiger partial charge is 0.322 e. The highest BCUT2D eigenvalue weighted by molar-refractivity contribution is 7.89. The molecule has 1 aliphatic rings. The number of hydrogen-bond acceptors (Lipinski definition) is 3. The van der Waals surface area contributed by atoms with E-state index in [2.05, 4.69) is 0 Å². The van der Waals surface area contributed by atoms with E-state index in [1.54, 1.807) is 13.8 Å². The number of aliphatic carboxylic acids is 1. The normalized spacial score (nSPS) is 29.1. The summed E-state index contributed by atoms with van der Waals surface area (Å²) in [4.78, 5) is 11.1. The monoisotopic (exact) mass is 281 g/mol. The molecule has 0 saturated carbocycles. The highest BCUT2D eigenvalue weighted by Crippen LogP contribution is 2.31. The topological polar surface area (TPSA) is 74.7 Å². The maximum Gasteiger partial charge on any atom is 0.322 e. The summed E-state index contributed by atoms with van der Waals surface area (Å²) in [6.07, 6.45) is -0.599. The Hall–Kier alpha value is -0.690. The van der Waals surface area contributed by atoms with E-state index >= 15 is 0 Å². The van der Waals surface area contributed by atoms with Gasteiger partial charge < -0.3 is 5.11 Å². The number of sulfonamides is 1. The summed E-state index contributed by atoms with van der Waals surface area (Å²) in [6.45, 7) is 4.45. The third-order valence-electron chi connectivity index (χ3n) is 3.48. The maximum atomic E-state index is 13.4. The van der Waals surface area contributed by atoms with Crippen molar-refractivity contribution in [1.82, 2.24) is 4.31 Å². The molecule has 0 radical (unpaired) electrons. The largest absolute Gasteiger partial charge is 0.480 e. The number of rotatable bonds is 5. The Kier molecular flexibility index (Phi) is 4.72. The van der Waals surface area contributed by atoms with E-state index < -0.39 is 33.5 Å². The van der Waals surface area contributed by atoms with Gasteiger partial charge in [-0.2, -0.15) is 4.31 Å². The van der Waals surface area contributed by atoms with Gasteiger partial charge in [0.15, 0.2) is 0 Å². The molecule has 5 nitrogen and oxygen atoms in total. The van der Waals surface area contributed by atoms with Crippen LogP contribution in [-0.4, -0.2) is 47.3 Å². The molecule has 1 rings (SSSR count). The van der Waals surface area contributed by atoms with Gasteiger partial charge in [-0.1, -0.05) is 6.92 Å². The molecule has 7 heteroatoms. The number of carbonyl (C=O) groups is 1. The molecule has 0 aromatic rings. The zero-order valence-corrected chi connectivity index (χ0v) is 11.7. The van der Waals surface area contributed by atoms with Crippen LogP contribution in [0.15, 0.2) is 0 Å². The van der Waals surface area contributed by atoms with Gasteiger partial charge in [-0.15, -0.1) is 0 Å². The highest BCUT2D eigenvalue weighted by atomic mass is 32.2. The van der Waals surface area contributed by atoms with E-state index in [1.165, 1.54) is 6.92 Å². The van der Waals surface area contributed by atoms with Crippen molar-refractivity contribution in [2.45, 2.75) is 63.5 Å². The fraction of sp³-hybridized carbons (Fsp3) is 0.909. The van der Waals surface area contributed by atoms with E-state index in [0.29, 0.717) is 6.42 Å². The summed E-state index contributed by atoms with van der Waals surface area (Å²) in [6, 6.07) is -1.44. The zero-order valence-electron chi connectivity index (χ0n) is 10.8. The summed E-state index contributed by atoms with van der Waals surface area (Å²) in [5.41, 5.74) is 0. The lowest BCUT2D eigenvalue weighted by Gasteiger charge is -2.30. The number of hydrogen-bond donors (Lipinski definition) is 1. The lowest BCUT2D eigenvalue weighted by atomic mass is 10.2. The first-order chi connectivity index (χ1) is 8.23. The second-order valence-corrected chi connectivity index (χ2v) is 6.84. The first kappa shape index (κ1) is 15.4. The van der Waals surface area contributed by atoms with Crippen molar-refractivity contribution in [2.24, 2.45) is 0 Å². The molecule has 18 heavy (non-hydrogen) atoms. The summed E-state index contributed by atoms with van der Waals surface area (Å²) in [5.74, 6) is -1.16. The Labute approximate surface area is 107 Å². The molecule has 1 N–H and O–H groups in total. The minimum absolute atomic E-state index is 0.134. The molecule has 0 aliphatic carbocycles. The van der Waals surface area contributed by atoms with Crippen molar-refractivity contribution < 1.29 is 22.7 Å². The third kappa shape index (κ3) is 2.66. The van der Waals surface area contributed by atoms with Gasteiger partial charge in [-0.05, 0) is 33.1 Å². The van der Waals surface area contributed by atoms with Crippen LogP contribution in [0.5, 0.6) is 0 Å².